The Kier molecular flexibility index (Phi) is 3.69. The van der Waals surface area contributed by atoms with E-state index < -0.39 is 0 Å². The van der Waals surface area contributed by atoms with Gasteiger partial charge in [0, 0.05) is 16.6 Å². The molecule has 3 nitrogen and oxygen atoms in total. The topological polar surface area (TPSA) is 41.1 Å². The van der Waals surface area contributed by atoms with Gasteiger partial charge in [-0.15, -0.1) is 11.8 Å². The first-order valence-corrected chi connectivity index (χ1v) is 8.06. The van der Waals surface area contributed by atoms with E-state index in [1.165, 1.54) is 30.6 Å². The van der Waals surface area contributed by atoms with Crippen LogP contribution >= 0.6 is 11.8 Å². The second kappa shape index (κ2) is 5.45. The summed E-state index contributed by atoms with van der Waals surface area (Å²) in [6.07, 6.45) is 5.16. The molecule has 19 heavy (non-hydrogen) atoms. The number of thioether (sulfide) groups is 1. The smallest absolute Gasteiger partial charge is 0.234 e. The van der Waals surface area contributed by atoms with E-state index in [0.29, 0.717) is 11.8 Å². The summed E-state index contributed by atoms with van der Waals surface area (Å²) in [7, 11) is 0. The maximum Gasteiger partial charge on any atom is 0.234 e. The van der Waals surface area contributed by atoms with Crippen LogP contribution in [-0.2, 0) is 4.79 Å². The number of carbonyl (C=O) groups is 1. The van der Waals surface area contributed by atoms with Crippen LogP contribution in [-0.4, -0.2) is 17.7 Å². The Morgan fingerprint density at radius 1 is 1.42 bits per heavy atom. The highest BCUT2D eigenvalue weighted by Gasteiger charge is 2.23. The molecular weight excluding hydrogens is 256 g/mol. The number of nitrogens with one attached hydrogen (secondary N) is 2. The summed E-state index contributed by atoms with van der Waals surface area (Å²) in [5, 5.41) is 6.55. The van der Waals surface area contributed by atoms with Crippen molar-refractivity contribution < 1.29 is 4.79 Å². The van der Waals surface area contributed by atoms with E-state index in [0.717, 1.165) is 17.3 Å². The molecule has 2 unspecified atom stereocenters. The number of amides is 1. The van der Waals surface area contributed by atoms with Crippen molar-refractivity contribution in [2.24, 2.45) is 5.92 Å². The van der Waals surface area contributed by atoms with E-state index in [9.17, 15) is 4.79 Å². The second-order valence-electron chi connectivity index (χ2n) is 5.48. The number of rotatable bonds is 3. The highest BCUT2D eigenvalue weighted by atomic mass is 32.2. The first-order valence-electron chi connectivity index (χ1n) is 7.08. The number of hydrogen-bond donors (Lipinski definition) is 2. The van der Waals surface area contributed by atoms with Gasteiger partial charge in [-0.25, -0.2) is 0 Å². The average molecular weight is 276 g/mol. The Morgan fingerprint density at radius 2 is 2.32 bits per heavy atom. The molecule has 0 bridgehead atoms. The predicted octanol–water partition coefficient (Wildman–Crippen LogP) is 3.72. The van der Waals surface area contributed by atoms with E-state index in [4.69, 9.17) is 0 Å². The summed E-state index contributed by atoms with van der Waals surface area (Å²) < 4.78 is 0. The van der Waals surface area contributed by atoms with Crippen LogP contribution in [0.15, 0.2) is 23.1 Å². The van der Waals surface area contributed by atoms with Crippen molar-refractivity contribution in [3.8, 4) is 0 Å². The zero-order chi connectivity index (χ0) is 13.2. The molecule has 0 aromatic heterocycles. The third-order valence-electron chi connectivity index (χ3n) is 4.10. The number of benzene rings is 1. The van der Waals surface area contributed by atoms with Crippen molar-refractivity contribution in [3.63, 3.8) is 0 Å². The summed E-state index contributed by atoms with van der Waals surface area (Å²) in [6.45, 7) is 2.28. The van der Waals surface area contributed by atoms with Crippen LogP contribution in [0, 0.1) is 5.92 Å². The van der Waals surface area contributed by atoms with Crippen LogP contribution in [0.4, 0.5) is 11.4 Å². The minimum Gasteiger partial charge on any atom is -0.382 e. The van der Waals surface area contributed by atoms with Crippen LogP contribution in [0.5, 0.6) is 0 Å². The first kappa shape index (κ1) is 12.9. The van der Waals surface area contributed by atoms with Gasteiger partial charge < -0.3 is 10.6 Å². The molecule has 102 valence electrons. The molecule has 1 aliphatic carbocycles. The minimum absolute atomic E-state index is 0.0987. The molecule has 2 aliphatic rings. The summed E-state index contributed by atoms with van der Waals surface area (Å²) in [5.41, 5.74) is 2.08. The number of fused-ring (bicyclic) bond motifs is 1. The standard InChI is InChI=1S/C15H20N2OS/c1-2-10-3-4-11(7-10)16-12-5-6-14-13(8-12)17-15(18)9-19-14/h5-6,8,10-11,16H,2-4,7,9H2,1H3,(H,17,18). The maximum atomic E-state index is 11.4. The van der Waals surface area contributed by atoms with Crippen LogP contribution < -0.4 is 10.6 Å². The van der Waals surface area contributed by atoms with Crippen molar-refractivity contribution in [3.05, 3.63) is 18.2 Å². The molecule has 1 aromatic rings. The van der Waals surface area contributed by atoms with Crippen molar-refractivity contribution in [1.82, 2.24) is 0 Å². The molecule has 2 atom stereocenters. The Labute approximate surface area is 118 Å². The normalized spacial score (nSPS) is 25.8. The van der Waals surface area contributed by atoms with Crippen LogP contribution in [0.25, 0.3) is 0 Å². The Hall–Kier alpha value is -1.16. The zero-order valence-electron chi connectivity index (χ0n) is 11.2. The molecule has 4 heteroatoms. The lowest BCUT2D eigenvalue weighted by molar-refractivity contribution is -0.113. The molecule has 0 radical (unpaired) electrons. The van der Waals surface area contributed by atoms with Gasteiger partial charge in [0.1, 0.15) is 0 Å². The SMILES string of the molecule is CCC1CCC(Nc2ccc3c(c2)NC(=O)CS3)C1. The third kappa shape index (κ3) is 2.89. The highest BCUT2D eigenvalue weighted by molar-refractivity contribution is 8.00. The van der Waals surface area contributed by atoms with Crippen LogP contribution in [0.3, 0.4) is 0 Å². The van der Waals surface area contributed by atoms with Gasteiger partial charge in [0.2, 0.25) is 5.91 Å². The number of carbonyl (C=O) groups excluding carboxylic acids is 1. The average Bonchev–Trinajstić information content (AvgIpc) is 2.86. The second-order valence-corrected chi connectivity index (χ2v) is 6.49. The molecule has 0 saturated heterocycles. The summed E-state index contributed by atoms with van der Waals surface area (Å²) in [5.74, 6) is 1.51. The molecule has 1 aromatic carbocycles. The fraction of sp³-hybridized carbons (Fsp3) is 0.533. The van der Waals surface area contributed by atoms with E-state index in [1.54, 1.807) is 11.8 Å². The van der Waals surface area contributed by atoms with Gasteiger partial charge in [0.25, 0.3) is 0 Å². The highest BCUT2D eigenvalue weighted by Crippen LogP contribution is 2.35. The summed E-state index contributed by atoms with van der Waals surface area (Å²) in [6, 6.07) is 6.89. The van der Waals surface area contributed by atoms with Gasteiger partial charge in [0.05, 0.1) is 11.4 Å². The predicted molar refractivity (Wildman–Crippen MR) is 80.8 cm³/mol. The molecule has 1 aliphatic heterocycles. The Balaban J connectivity index is 1.69. The van der Waals surface area contributed by atoms with Crippen molar-refractivity contribution in [1.29, 1.82) is 0 Å². The van der Waals surface area contributed by atoms with Gasteiger partial charge >= 0.3 is 0 Å². The largest absolute Gasteiger partial charge is 0.382 e. The van der Waals surface area contributed by atoms with Gasteiger partial charge in [-0.1, -0.05) is 13.3 Å². The Bertz CT molecular complexity index is 489. The summed E-state index contributed by atoms with van der Waals surface area (Å²) >= 11 is 1.61. The molecule has 0 spiro atoms. The first-order chi connectivity index (χ1) is 9.24. The van der Waals surface area contributed by atoms with Crippen molar-refractivity contribution in [2.75, 3.05) is 16.4 Å². The lowest BCUT2D eigenvalue weighted by Gasteiger charge is -2.19. The van der Waals surface area contributed by atoms with Crippen molar-refractivity contribution >= 4 is 29.0 Å². The molecule has 1 fully saturated rings. The van der Waals surface area contributed by atoms with E-state index in [2.05, 4.69) is 35.8 Å². The van der Waals surface area contributed by atoms with E-state index in [-0.39, 0.29) is 5.91 Å². The number of hydrogen-bond acceptors (Lipinski definition) is 3. The maximum absolute atomic E-state index is 11.4. The van der Waals surface area contributed by atoms with Gasteiger partial charge in [0.15, 0.2) is 0 Å². The molecule has 1 heterocycles. The molecule has 1 saturated carbocycles. The summed E-state index contributed by atoms with van der Waals surface area (Å²) in [4.78, 5) is 12.6. The Morgan fingerprint density at radius 3 is 3.11 bits per heavy atom. The van der Waals surface area contributed by atoms with E-state index >= 15 is 0 Å². The molecule has 2 N–H and O–H groups in total. The quantitative estimate of drug-likeness (QED) is 0.884. The third-order valence-corrected chi connectivity index (χ3v) is 5.18. The van der Waals surface area contributed by atoms with Crippen LogP contribution in [0.2, 0.25) is 0 Å². The zero-order valence-corrected chi connectivity index (χ0v) is 12.1. The van der Waals surface area contributed by atoms with Gasteiger partial charge in [-0.3, -0.25) is 4.79 Å². The van der Waals surface area contributed by atoms with Crippen molar-refractivity contribution in [2.45, 2.75) is 43.5 Å². The molecular formula is C15H20N2OS. The molecule has 3 rings (SSSR count). The molecule has 1 amide bonds. The lowest BCUT2D eigenvalue weighted by atomic mass is 10.1. The monoisotopic (exact) mass is 276 g/mol. The lowest BCUT2D eigenvalue weighted by Crippen LogP contribution is -2.19. The minimum atomic E-state index is 0.0987. The fourth-order valence-electron chi connectivity index (χ4n) is 2.99. The number of anilines is 2. The van der Waals surface area contributed by atoms with Gasteiger partial charge in [-0.05, 0) is 43.4 Å². The van der Waals surface area contributed by atoms with Gasteiger partial charge in [-0.2, -0.15) is 0 Å². The fourth-order valence-corrected chi connectivity index (χ4v) is 3.77. The van der Waals surface area contributed by atoms with Crippen LogP contribution in [0.1, 0.15) is 32.6 Å². The van der Waals surface area contributed by atoms with E-state index in [1.807, 2.05) is 0 Å².